The number of hydrogen-bond donors (Lipinski definition) is 0. The van der Waals surface area contributed by atoms with Crippen molar-refractivity contribution in [2.75, 3.05) is 0 Å². The molecule has 0 aliphatic heterocycles. The zero-order valence-corrected chi connectivity index (χ0v) is 8.14. The number of hydrogen-bond acceptors (Lipinski definition) is 1. The van der Waals surface area contributed by atoms with Crippen LogP contribution in [0.3, 0.4) is 0 Å². The Morgan fingerprint density at radius 2 is 2.30 bits per heavy atom. The van der Waals surface area contributed by atoms with Gasteiger partial charge in [0.05, 0.1) is 17.5 Å². The molecule has 0 aliphatic carbocycles. The smallest absolute Gasteiger partial charge is 0.111 e. The standard InChI is InChI=1S/C7H11ClOSi/c1-10(2)7-6(5-8)3-4-9-7/h3-4,10H,5H2,1-2H3. The fourth-order valence-electron chi connectivity index (χ4n) is 0.965. The Bertz CT molecular complexity index is 207. The summed E-state index contributed by atoms with van der Waals surface area (Å²) in [6, 6.07) is 1.95. The van der Waals surface area contributed by atoms with Gasteiger partial charge in [-0.05, 0) is 6.07 Å². The molecule has 1 rings (SSSR count). The highest BCUT2D eigenvalue weighted by Crippen LogP contribution is 2.02. The molecule has 1 aromatic heterocycles. The van der Waals surface area contributed by atoms with Gasteiger partial charge in [-0.1, -0.05) is 13.1 Å². The van der Waals surface area contributed by atoms with E-state index in [0.717, 1.165) is 5.38 Å². The average Bonchev–Trinajstić information content (AvgIpc) is 2.33. The van der Waals surface area contributed by atoms with Crippen molar-refractivity contribution < 1.29 is 4.42 Å². The fourth-order valence-corrected chi connectivity index (χ4v) is 2.61. The third-order valence-electron chi connectivity index (χ3n) is 1.45. The van der Waals surface area contributed by atoms with Crippen molar-refractivity contribution in [3.05, 3.63) is 17.9 Å². The first kappa shape index (κ1) is 7.89. The molecule has 3 heteroatoms. The summed E-state index contributed by atoms with van der Waals surface area (Å²) in [5.74, 6) is 0.580. The number of rotatable bonds is 2. The molecule has 1 aromatic rings. The van der Waals surface area contributed by atoms with E-state index in [9.17, 15) is 0 Å². The monoisotopic (exact) mass is 174 g/mol. The first-order valence-electron chi connectivity index (χ1n) is 3.38. The summed E-state index contributed by atoms with van der Waals surface area (Å²) in [5, 5.41) is 1.15. The van der Waals surface area contributed by atoms with E-state index in [1.165, 1.54) is 5.56 Å². The first-order valence-corrected chi connectivity index (χ1v) is 6.80. The van der Waals surface area contributed by atoms with Gasteiger partial charge in [0.2, 0.25) is 0 Å². The van der Waals surface area contributed by atoms with E-state index in [-0.39, 0.29) is 0 Å². The van der Waals surface area contributed by atoms with Crippen LogP contribution in [0.2, 0.25) is 13.1 Å². The predicted molar refractivity (Wildman–Crippen MR) is 46.8 cm³/mol. The zero-order valence-electron chi connectivity index (χ0n) is 6.23. The summed E-state index contributed by atoms with van der Waals surface area (Å²) in [6.45, 7) is 4.46. The lowest BCUT2D eigenvalue weighted by Gasteiger charge is -1.99. The van der Waals surface area contributed by atoms with Crippen molar-refractivity contribution in [1.82, 2.24) is 0 Å². The summed E-state index contributed by atoms with van der Waals surface area (Å²) in [5.41, 5.74) is 1.17. The predicted octanol–water partition coefficient (Wildman–Crippen LogP) is 1.71. The third-order valence-corrected chi connectivity index (χ3v) is 3.29. The maximum absolute atomic E-state index is 5.68. The Balaban J connectivity index is 2.90. The number of halogens is 1. The summed E-state index contributed by atoms with van der Waals surface area (Å²) in [6.07, 6.45) is 1.72. The lowest BCUT2D eigenvalue weighted by molar-refractivity contribution is 0.598. The molecule has 0 fully saturated rings. The first-order chi connectivity index (χ1) is 4.75. The van der Waals surface area contributed by atoms with E-state index in [1.807, 2.05) is 6.07 Å². The van der Waals surface area contributed by atoms with Gasteiger partial charge < -0.3 is 4.42 Å². The Morgan fingerprint density at radius 3 is 2.70 bits per heavy atom. The Labute approximate surface area is 67.6 Å². The minimum Gasteiger partial charge on any atom is -0.475 e. The Hall–Kier alpha value is -0.213. The van der Waals surface area contributed by atoms with Gasteiger partial charge in [0.15, 0.2) is 0 Å². The molecule has 0 bridgehead atoms. The van der Waals surface area contributed by atoms with Crippen LogP contribution in [0.5, 0.6) is 0 Å². The quantitative estimate of drug-likeness (QED) is 0.492. The van der Waals surface area contributed by atoms with E-state index in [0.29, 0.717) is 5.88 Å². The molecule has 0 saturated heterocycles. The van der Waals surface area contributed by atoms with Crippen molar-refractivity contribution in [3.8, 4) is 0 Å². The Kier molecular flexibility index (Phi) is 2.57. The number of furan rings is 1. The van der Waals surface area contributed by atoms with Gasteiger partial charge in [0.25, 0.3) is 0 Å². The van der Waals surface area contributed by atoms with Crippen LogP contribution in [0.1, 0.15) is 5.56 Å². The van der Waals surface area contributed by atoms with E-state index in [2.05, 4.69) is 13.1 Å². The van der Waals surface area contributed by atoms with Crippen LogP contribution in [0.15, 0.2) is 16.7 Å². The normalized spacial score (nSPS) is 10.8. The molecule has 1 heterocycles. The van der Waals surface area contributed by atoms with Gasteiger partial charge in [0.1, 0.15) is 8.80 Å². The van der Waals surface area contributed by atoms with Crippen molar-refractivity contribution in [2.24, 2.45) is 0 Å². The summed E-state index contributed by atoms with van der Waals surface area (Å²) < 4.78 is 5.29. The van der Waals surface area contributed by atoms with E-state index < -0.39 is 8.80 Å². The van der Waals surface area contributed by atoms with Gasteiger partial charge in [-0.2, -0.15) is 0 Å². The molecule has 0 radical (unpaired) electrons. The van der Waals surface area contributed by atoms with E-state index in [1.54, 1.807) is 6.26 Å². The molecule has 0 amide bonds. The highest BCUT2D eigenvalue weighted by atomic mass is 35.5. The fraction of sp³-hybridized carbons (Fsp3) is 0.429. The molecule has 0 saturated carbocycles. The van der Waals surface area contributed by atoms with Crippen LogP contribution in [0.25, 0.3) is 0 Å². The van der Waals surface area contributed by atoms with Crippen LogP contribution in [0, 0.1) is 0 Å². The highest BCUT2D eigenvalue weighted by Gasteiger charge is 2.09. The minimum absolute atomic E-state index is 0.580. The minimum atomic E-state index is -0.788. The van der Waals surface area contributed by atoms with E-state index in [4.69, 9.17) is 16.0 Å². The average molecular weight is 175 g/mol. The molecule has 0 unspecified atom stereocenters. The van der Waals surface area contributed by atoms with Gasteiger partial charge in [-0.25, -0.2) is 0 Å². The molecule has 0 spiro atoms. The van der Waals surface area contributed by atoms with E-state index >= 15 is 0 Å². The number of alkyl halides is 1. The van der Waals surface area contributed by atoms with Crippen LogP contribution in [-0.4, -0.2) is 8.80 Å². The van der Waals surface area contributed by atoms with Gasteiger partial charge in [0, 0.05) is 5.56 Å². The third kappa shape index (κ3) is 1.44. The van der Waals surface area contributed by atoms with Crippen LogP contribution >= 0.6 is 11.6 Å². The van der Waals surface area contributed by atoms with Gasteiger partial charge in [-0.15, -0.1) is 11.6 Å². The lowest BCUT2D eigenvalue weighted by Crippen LogP contribution is -2.23. The molecule has 0 atom stereocenters. The SMILES string of the molecule is C[SiH](C)c1occc1CCl. The molecular weight excluding hydrogens is 164 g/mol. The Morgan fingerprint density at radius 1 is 1.60 bits per heavy atom. The maximum Gasteiger partial charge on any atom is 0.111 e. The summed E-state index contributed by atoms with van der Waals surface area (Å²) >= 11 is 5.68. The van der Waals surface area contributed by atoms with Crippen molar-refractivity contribution in [1.29, 1.82) is 0 Å². The van der Waals surface area contributed by atoms with Crippen LogP contribution in [0.4, 0.5) is 0 Å². The second kappa shape index (κ2) is 3.26. The summed E-state index contributed by atoms with van der Waals surface area (Å²) in [4.78, 5) is 0. The summed E-state index contributed by atoms with van der Waals surface area (Å²) in [7, 11) is -0.788. The molecule has 10 heavy (non-hydrogen) atoms. The highest BCUT2D eigenvalue weighted by molar-refractivity contribution is 6.70. The lowest BCUT2D eigenvalue weighted by atomic mass is 10.4. The van der Waals surface area contributed by atoms with Gasteiger partial charge >= 0.3 is 0 Å². The molecule has 0 aliphatic rings. The second-order valence-corrected chi connectivity index (χ2v) is 5.70. The topological polar surface area (TPSA) is 13.1 Å². The largest absolute Gasteiger partial charge is 0.475 e. The van der Waals surface area contributed by atoms with Crippen molar-refractivity contribution in [2.45, 2.75) is 19.0 Å². The molecule has 0 N–H and O–H groups in total. The zero-order chi connectivity index (χ0) is 7.56. The van der Waals surface area contributed by atoms with Crippen LogP contribution in [-0.2, 0) is 5.88 Å². The molecule has 0 aromatic carbocycles. The molecule has 56 valence electrons. The van der Waals surface area contributed by atoms with Gasteiger partial charge in [-0.3, -0.25) is 0 Å². The molecule has 1 nitrogen and oxygen atoms in total. The van der Waals surface area contributed by atoms with Crippen molar-refractivity contribution >= 4 is 25.8 Å². The second-order valence-electron chi connectivity index (χ2n) is 2.60. The van der Waals surface area contributed by atoms with Crippen molar-refractivity contribution in [3.63, 3.8) is 0 Å². The van der Waals surface area contributed by atoms with Crippen LogP contribution < -0.4 is 5.38 Å². The molecular formula is C7H11ClOSi. The maximum atomic E-state index is 5.68.